The second-order valence-electron chi connectivity index (χ2n) is 6.83. The zero-order chi connectivity index (χ0) is 20.1. The molecule has 5 heteroatoms. The fourth-order valence-corrected chi connectivity index (χ4v) is 3.01. The highest BCUT2D eigenvalue weighted by molar-refractivity contribution is 5.95. The molecule has 144 valence electrons. The van der Waals surface area contributed by atoms with Crippen LogP contribution in [-0.4, -0.2) is 41.1 Å². The fourth-order valence-electron chi connectivity index (χ4n) is 3.01. The third kappa shape index (κ3) is 4.49. The standard InChI is InChI=1S/C23H24N2O3/c1-16(12-17-4-8-21(26)9-5-17)25(2)23(27)20-13-19(14-24-15-20)18-6-10-22(28-3)11-7-18/h4-11,13-16,26H,12H2,1-3H3/t16-/m0/s1. The van der Waals surface area contributed by atoms with Crippen LogP contribution >= 0.6 is 0 Å². The molecule has 0 bridgehead atoms. The van der Waals surface area contributed by atoms with Gasteiger partial charge in [-0.15, -0.1) is 0 Å². The summed E-state index contributed by atoms with van der Waals surface area (Å²) < 4.78 is 5.19. The first kappa shape index (κ1) is 19.4. The molecule has 1 aromatic heterocycles. The van der Waals surface area contributed by atoms with Gasteiger partial charge in [0.05, 0.1) is 12.7 Å². The summed E-state index contributed by atoms with van der Waals surface area (Å²) in [7, 11) is 3.43. The summed E-state index contributed by atoms with van der Waals surface area (Å²) in [4.78, 5) is 18.9. The summed E-state index contributed by atoms with van der Waals surface area (Å²) >= 11 is 0. The molecular weight excluding hydrogens is 352 g/mol. The van der Waals surface area contributed by atoms with Crippen molar-refractivity contribution in [2.75, 3.05) is 14.2 Å². The Bertz CT molecular complexity index is 937. The zero-order valence-electron chi connectivity index (χ0n) is 16.3. The lowest BCUT2D eigenvalue weighted by Gasteiger charge is -2.25. The summed E-state index contributed by atoms with van der Waals surface area (Å²) in [6.07, 6.45) is 4.05. The van der Waals surface area contributed by atoms with Gasteiger partial charge < -0.3 is 14.7 Å². The number of methoxy groups -OCH3 is 1. The second-order valence-corrected chi connectivity index (χ2v) is 6.83. The highest BCUT2D eigenvalue weighted by Gasteiger charge is 2.19. The number of ether oxygens (including phenoxy) is 1. The molecule has 0 unspecified atom stereocenters. The number of carbonyl (C=O) groups excluding carboxylic acids is 1. The number of aromatic nitrogens is 1. The van der Waals surface area contributed by atoms with Crippen LogP contribution in [-0.2, 0) is 6.42 Å². The van der Waals surface area contributed by atoms with Crippen molar-refractivity contribution in [1.82, 2.24) is 9.88 Å². The van der Waals surface area contributed by atoms with Gasteiger partial charge in [-0.1, -0.05) is 24.3 Å². The van der Waals surface area contributed by atoms with Crippen LogP contribution < -0.4 is 4.74 Å². The number of rotatable bonds is 6. The molecule has 1 atom stereocenters. The summed E-state index contributed by atoms with van der Waals surface area (Å²) in [6, 6.07) is 16.6. The van der Waals surface area contributed by atoms with Crippen LogP contribution in [0.5, 0.6) is 11.5 Å². The first-order valence-corrected chi connectivity index (χ1v) is 9.12. The number of carbonyl (C=O) groups is 1. The topological polar surface area (TPSA) is 62.7 Å². The molecule has 0 aliphatic rings. The van der Waals surface area contributed by atoms with Gasteiger partial charge in [0.25, 0.3) is 5.91 Å². The van der Waals surface area contributed by atoms with Crippen molar-refractivity contribution >= 4 is 5.91 Å². The SMILES string of the molecule is COc1ccc(-c2cncc(C(=O)N(C)[C@@H](C)Cc3ccc(O)cc3)c2)cc1. The molecule has 5 nitrogen and oxygen atoms in total. The lowest BCUT2D eigenvalue weighted by Crippen LogP contribution is -2.36. The largest absolute Gasteiger partial charge is 0.508 e. The number of pyridine rings is 1. The van der Waals surface area contributed by atoms with Crippen molar-refractivity contribution < 1.29 is 14.6 Å². The van der Waals surface area contributed by atoms with Crippen molar-refractivity contribution in [3.05, 3.63) is 78.1 Å². The van der Waals surface area contributed by atoms with Crippen LogP contribution in [0.4, 0.5) is 0 Å². The first-order chi connectivity index (χ1) is 13.5. The third-order valence-electron chi connectivity index (χ3n) is 4.86. The van der Waals surface area contributed by atoms with E-state index in [1.807, 2.05) is 49.4 Å². The summed E-state index contributed by atoms with van der Waals surface area (Å²) in [6.45, 7) is 2.01. The highest BCUT2D eigenvalue weighted by Crippen LogP contribution is 2.23. The van der Waals surface area contributed by atoms with Crippen LogP contribution in [0.15, 0.2) is 67.0 Å². The van der Waals surface area contributed by atoms with Gasteiger partial charge in [0, 0.05) is 31.0 Å². The monoisotopic (exact) mass is 376 g/mol. The van der Waals surface area contributed by atoms with E-state index in [0.717, 1.165) is 22.4 Å². The van der Waals surface area contributed by atoms with E-state index in [4.69, 9.17) is 4.74 Å². The quantitative estimate of drug-likeness (QED) is 0.701. The molecule has 0 aliphatic carbocycles. The van der Waals surface area contributed by atoms with Crippen molar-refractivity contribution in [3.63, 3.8) is 0 Å². The minimum atomic E-state index is -0.0749. The summed E-state index contributed by atoms with van der Waals surface area (Å²) in [5.41, 5.74) is 3.47. The number of nitrogens with zero attached hydrogens (tertiary/aromatic N) is 2. The molecule has 0 saturated carbocycles. The number of phenolic OH excluding ortho intramolecular Hbond substituents is 1. The summed E-state index contributed by atoms with van der Waals surface area (Å²) in [5, 5.41) is 9.41. The average molecular weight is 376 g/mol. The molecule has 2 aromatic carbocycles. The van der Waals surface area contributed by atoms with E-state index >= 15 is 0 Å². The predicted molar refractivity (Wildman–Crippen MR) is 110 cm³/mol. The minimum absolute atomic E-state index is 0.00156. The molecule has 3 aromatic rings. The van der Waals surface area contributed by atoms with Crippen molar-refractivity contribution in [3.8, 4) is 22.6 Å². The van der Waals surface area contributed by atoms with Crippen molar-refractivity contribution in [1.29, 1.82) is 0 Å². The van der Waals surface area contributed by atoms with E-state index in [1.54, 1.807) is 43.6 Å². The van der Waals surface area contributed by atoms with Crippen LogP contribution in [0.1, 0.15) is 22.8 Å². The zero-order valence-corrected chi connectivity index (χ0v) is 16.3. The smallest absolute Gasteiger partial charge is 0.255 e. The van der Waals surface area contributed by atoms with Crippen LogP contribution in [0, 0.1) is 0 Å². The van der Waals surface area contributed by atoms with Gasteiger partial charge in [0.15, 0.2) is 0 Å². The molecule has 0 fully saturated rings. The minimum Gasteiger partial charge on any atom is -0.508 e. The number of likely N-dealkylation sites (N-methyl/N-ethyl adjacent to an activating group) is 1. The van der Waals surface area contributed by atoms with Gasteiger partial charge in [-0.05, 0) is 54.8 Å². The van der Waals surface area contributed by atoms with E-state index in [-0.39, 0.29) is 17.7 Å². The molecule has 1 N–H and O–H groups in total. The van der Waals surface area contributed by atoms with E-state index < -0.39 is 0 Å². The Morgan fingerprint density at radius 1 is 1.07 bits per heavy atom. The maximum Gasteiger partial charge on any atom is 0.255 e. The Hall–Kier alpha value is -3.34. The Kier molecular flexibility index (Phi) is 5.94. The number of hydrogen-bond acceptors (Lipinski definition) is 4. The van der Waals surface area contributed by atoms with Crippen molar-refractivity contribution in [2.24, 2.45) is 0 Å². The number of amides is 1. The van der Waals surface area contributed by atoms with Gasteiger partial charge in [0.2, 0.25) is 0 Å². The molecule has 0 saturated heterocycles. The van der Waals surface area contributed by atoms with E-state index in [2.05, 4.69) is 4.98 Å². The normalized spacial score (nSPS) is 11.7. The molecule has 0 spiro atoms. The van der Waals surface area contributed by atoms with Gasteiger partial charge in [-0.25, -0.2) is 0 Å². The number of aromatic hydroxyl groups is 1. The molecule has 28 heavy (non-hydrogen) atoms. The average Bonchev–Trinajstić information content (AvgIpc) is 2.74. The fraction of sp³-hybridized carbons (Fsp3) is 0.217. The maximum absolute atomic E-state index is 12.9. The van der Waals surface area contributed by atoms with Gasteiger partial charge in [-0.3, -0.25) is 9.78 Å². The van der Waals surface area contributed by atoms with E-state index in [1.165, 1.54) is 0 Å². The molecule has 0 aliphatic heterocycles. The Labute approximate surface area is 165 Å². The van der Waals surface area contributed by atoms with Crippen LogP contribution in [0.3, 0.4) is 0 Å². The molecule has 0 radical (unpaired) electrons. The Morgan fingerprint density at radius 2 is 1.75 bits per heavy atom. The van der Waals surface area contributed by atoms with E-state index in [0.29, 0.717) is 12.0 Å². The van der Waals surface area contributed by atoms with Crippen molar-refractivity contribution in [2.45, 2.75) is 19.4 Å². The number of benzene rings is 2. The molecule has 3 rings (SSSR count). The third-order valence-corrected chi connectivity index (χ3v) is 4.86. The Balaban J connectivity index is 1.74. The Morgan fingerprint density at radius 3 is 2.39 bits per heavy atom. The predicted octanol–water partition coefficient (Wildman–Crippen LogP) is 4.17. The van der Waals surface area contributed by atoms with Gasteiger partial charge in [0.1, 0.15) is 11.5 Å². The van der Waals surface area contributed by atoms with Crippen LogP contribution in [0.2, 0.25) is 0 Å². The number of phenols is 1. The highest BCUT2D eigenvalue weighted by atomic mass is 16.5. The summed E-state index contributed by atoms with van der Waals surface area (Å²) in [5.74, 6) is 0.947. The maximum atomic E-state index is 12.9. The molecular formula is C23H24N2O3. The van der Waals surface area contributed by atoms with Gasteiger partial charge in [-0.2, -0.15) is 0 Å². The van der Waals surface area contributed by atoms with E-state index in [9.17, 15) is 9.90 Å². The van der Waals surface area contributed by atoms with Crippen LogP contribution in [0.25, 0.3) is 11.1 Å². The lowest BCUT2D eigenvalue weighted by atomic mass is 10.0. The lowest BCUT2D eigenvalue weighted by molar-refractivity contribution is 0.0743. The number of hydrogen-bond donors (Lipinski definition) is 1. The first-order valence-electron chi connectivity index (χ1n) is 9.12. The molecule has 1 amide bonds. The second kappa shape index (κ2) is 8.57. The molecule has 1 heterocycles. The van der Waals surface area contributed by atoms with Gasteiger partial charge >= 0.3 is 0 Å².